The van der Waals surface area contributed by atoms with E-state index in [0.29, 0.717) is 0 Å². The van der Waals surface area contributed by atoms with Crippen molar-refractivity contribution in [2.24, 2.45) is 0 Å². The number of hydrogen-bond acceptors (Lipinski definition) is 4. The second kappa shape index (κ2) is 8.02. The normalized spacial score (nSPS) is 7.13. The Kier molecular flexibility index (Phi) is 6.63. The molecular weight excluding hydrogens is 196 g/mol. The summed E-state index contributed by atoms with van der Waals surface area (Å²) in [6.45, 7) is 2.08. The molecule has 1 aromatic carbocycles. The second-order valence-corrected chi connectivity index (χ2v) is 2.26. The monoisotopic (exact) mass is 204 g/mol. The van der Waals surface area contributed by atoms with Crippen molar-refractivity contribution in [2.45, 2.75) is 6.92 Å². The van der Waals surface area contributed by atoms with Crippen molar-refractivity contribution in [2.75, 3.05) is 0 Å². The molecule has 0 N–H and O–H groups in total. The molecule has 15 heavy (non-hydrogen) atoms. The molecule has 0 saturated carbocycles. The standard InChI is InChI=1S/C7H8.C2N4O2/c1-7-5-3-2-4-6-7;3-1-7-6(5)8-2-4/h2-6H,1H3;. The first-order chi connectivity index (χ1) is 7.20. The molecule has 6 heteroatoms. The summed E-state index contributed by atoms with van der Waals surface area (Å²) in [5.41, 5.74) is 9.31. The zero-order chi connectivity index (χ0) is 11.5. The zero-order valence-corrected chi connectivity index (χ0v) is 7.99. The lowest BCUT2D eigenvalue weighted by Crippen LogP contribution is -2.00. The van der Waals surface area contributed by atoms with Gasteiger partial charge in [-0.05, 0) is 6.92 Å². The molecule has 0 spiro atoms. The van der Waals surface area contributed by atoms with E-state index in [1.807, 2.05) is 18.2 Å². The van der Waals surface area contributed by atoms with Gasteiger partial charge in [0, 0.05) is 0 Å². The van der Waals surface area contributed by atoms with E-state index >= 15 is 0 Å². The Hall–Kier alpha value is -2.60. The fourth-order valence-electron chi connectivity index (χ4n) is 0.623. The molecule has 1 rings (SSSR count). The molecule has 0 fully saturated rings. The zero-order valence-electron chi connectivity index (χ0n) is 7.99. The van der Waals surface area contributed by atoms with E-state index in [1.54, 1.807) is 0 Å². The van der Waals surface area contributed by atoms with Crippen molar-refractivity contribution in [1.29, 1.82) is 10.5 Å². The SMILES string of the molecule is Cc1ccccc1.N#CO[N+](=[N-])OC#N. The third-order valence-corrected chi connectivity index (χ3v) is 1.18. The van der Waals surface area contributed by atoms with E-state index in [0.717, 1.165) is 12.5 Å². The Morgan fingerprint density at radius 1 is 1.13 bits per heavy atom. The predicted molar refractivity (Wildman–Crippen MR) is 48.2 cm³/mol. The first kappa shape index (κ1) is 12.4. The summed E-state index contributed by atoms with van der Waals surface area (Å²) in [6.07, 6.45) is 2.10. The number of hydrogen-bond donors (Lipinski definition) is 0. The molecule has 6 nitrogen and oxygen atoms in total. The Morgan fingerprint density at radius 2 is 1.60 bits per heavy atom. The Labute approximate surface area is 86.9 Å². The average molecular weight is 204 g/mol. The van der Waals surface area contributed by atoms with E-state index in [2.05, 4.69) is 28.7 Å². The molecular formula is C9H8N4O2. The topological polar surface area (TPSA) is 91.3 Å². The van der Waals surface area contributed by atoms with Crippen molar-refractivity contribution in [3.63, 3.8) is 0 Å². The summed E-state index contributed by atoms with van der Waals surface area (Å²) in [7, 11) is 0. The van der Waals surface area contributed by atoms with Crippen LogP contribution in [0.15, 0.2) is 30.3 Å². The third kappa shape index (κ3) is 7.75. The van der Waals surface area contributed by atoms with Gasteiger partial charge in [-0.15, -0.1) is 20.2 Å². The van der Waals surface area contributed by atoms with Gasteiger partial charge in [0.05, 0.1) is 0 Å². The van der Waals surface area contributed by atoms with Gasteiger partial charge >= 0.3 is 12.5 Å². The molecule has 0 aromatic heterocycles. The van der Waals surface area contributed by atoms with Crippen LogP contribution < -0.4 is 0 Å². The van der Waals surface area contributed by atoms with Gasteiger partial charge in [-0.25, -0.2) is 0 Å². The molecule has 0 aliphatic carbocycles. The van der Waals surface area contributed by atoms with Crippen LogP contribution in [0.25, 0.3) is 5.53 Å². The van der Waals surface area contributed by atoms with Crippen molar-refractivity contribution >= 4 is 0 Å². The van der Waals surface area contributed by atoms with E-state index in [9.17, 15) is 0 Å². The summed E-state index contributed by atoms with van der Waals surface area (Å²) in [4.78, 5) is 7.06. The highest BCUT2D eigenvalue weighted by atomic mass is 16.9. The maximum Gasteiger partial charge on any atom is 0.370 e. The van der Waals surface area contributed by atoms with E-state index < -0.39 is 0 Å². The minimum absolute atomic E-state index is 0.361. The fourth-order valence-corrected chi connectivity index (χ4v) is 0.623. The van der Waals surface area contributed by atoms with E-state index in [-0.39, 0.29) is 5.02 Å². The van der Waals surface area contributed by atoms with Gasteiger partial charge in [0.15, 0.2) is 5.02 Å². The van der Waals surface area contributed by atoms with E-state index in [1.165, 1.54) is 5.56 Å². The van der Waals surface area contributed by atoms with Crippen LogP contribution in [-0.4, -0.2) is 5.02 Å². The van der Waals surface area contributed by atoms with Crippen molar-refractivity contribution in [1.82, 2.24) is 0 Å². The van der Waals surface area contributed by atoms with Crippen LogP contribution in [0.5, 0.6) is 0 Å². The Bertz CT molecular complexity index is 359. The van der Waals surface area contributed by atoms with Crippen LogP contribution in [0.3, 0.4) is 0 Å². The summed E-state index contributed by atoms with van der Waals surface area (Å²) < 4.78 is 0. The molecule has 0 atom stereocenters. The largest absolute Gasteiger partial charge is 0.389 e. The minimum Gasteiger partial charge on any atom is -0.389 e. The van der Waals surface area contributed by atoms with Gasteiger partial charge in [0.1, 0.15) is 0 Å². The first-order valence-corrected chi connectivity index (χ1v) is 3.83. The molecule has 76 valence electrons. The van der Waals surface area contributed by atoms with Gasteiger partial charge in [-0.1, -0.05) is 35.9 Å². The van der Waals surface area contributed by atoms with Gasteiger partial charge in [0.2, 0.25) is 0 Å². The lowest BCUT2D eigenvalue weighted by atomic mass is 10.2. The molecule has 0 saturated heterocycles. The molecule has 0 aliphatic rings. The third-order valence-electron chi connectivity index (χ3n) is 1.18. The van der Waals surface area contributed by atoms with Gasteiger partial charge in [0.25, 0.3) is 0 Å². The quantitative estimate of drug-likeness (QED) is 0.417. The highest BCUT2D eigenvalue weighted by Crippen LogP contribution is 1.92. The van der Waals surface area contributed by atoms with Crippen LogP contribution in [-0.2, 0) is 9.68 Å². The molecule has 0 bridgehead atoms. The first-order valence-electron chi connectivity index (χ1n) is 3.83. The minimum atomic E-state index is -0.361. The maximum absolute atomic E-state index is 7.99. The summed E-state index contributed by atoms with van der Waals surface area (Å²) in [5, 5.41) is 14.8. The highest BCUT2D eigenvalue weighted by molar-refractivity contribution is 5.11. The lowest BCUT2D eigenvalue weighted by molar-refractivity contribution is -0.951. The maximum atomic E-state index is 7.99. The number of nitrogens with zero attached hydrogens (tertiary/aromatic N) is 4. The van der Waals surface area contributed by atoms with Crippen molar-refractivity contribution < 1.29 is 14.7 Å². The average Bonchev–Trinajstić information content (AvgIpc) is 2.20. The van der Waals surface area contributed by atoms with Crippen LogP contribution in [0.1, 0.15) is 5.56 Å². The van der Waals surface area contributed by atoms with Crippen LogP contribution in [0, 0.1) is 30.0 Å². The van der Waals surface area contributed by atoms with Crippen LogP contribution >= 0.6 is 0 Å². The number of rotatable bonds is 2. The molecule has 0 heterocycles. The summed E-state index contributed by atoms with van der Waals surface area (Å²) >= 11 is 0. The van der Waals surface area contributed by atoms with E-state index in [4.69, 9.17) is 16.1 Å². The second-order valence-electron chi connectivity index (χ2n) is 2.26. The van der Waals surface area contributed by atoms with Crippen molar-refractivity contribution in [3.8, 4) is 12.5 Å². The molecule has 0 amide bonds. The smallest absolute Gasteiger partial charge is 0.370 e. The van der Waals surface area contributed by atoms with Gasteiger partial charge in [-0.3, -0.25) is 0 Å². The molecule has 0 aliphatic heterocycles. The lowest BCUT2D eigenvalue weighted by Gasteiger charge is -1.83. The summed E-state index contributed by atoms with van der Waals surface area (Å²) in [5.74, 6) is 0. The fraction of sp³-hybridized carbons (Fsp3) is 0.111. The van der Waals surface area contributed by atoms with Gasteiger partial charge in [-0.2, -0.15) is 0 Å². The Balaban J connectivity index is 0.000000262. The molecule has 0 radical (unpaired) electrons. The number of aryl methyl sites for hydroxylation is 1. The molecule has 0 unspecified atom stereocenters. The van der Waals surface area contributed by atoms with Gasteiger partial charge < -0.3 is 5.53 Å². The summed E-state index contributed by atoms with van der Waals surface area (Å²) in [6, 6.07) is 10.3. The molecule has 1 aromatic rings. The van der Waals surface area contributed by atoms with Crippen molar-refractivity contribution in [3.05, 3.63) is 41.4 Å². The van der Waals surface area contributed by atoms with Crippen LogP contribution in [0.2, 0.25) is 0 Å². The van der Waals surface area contributed by atoms with Crippen LogP contribution in [0.4, 0.5) is 0 Å². The number of nitriles is 2. The highest BCUT2D eigenvalue weighted by Gasteiger charge is 1.92. The predicted octanol–water partition coefficient (Wildman–Crippen LogP) is 1.84. The Morgan fingerprint density at radius 3 is 1.87 bits per heavy atom. The number of benzene rings is 1.